The summed E-state index contributed by atoms with van der Waals surface area (Å²) in [6.45, 7) is 7.92. The molecule has 1 aromatic carbocycles. The molecule has 1 amide bonds. The van der Waals surface area contributed by atoms with E-state index in [-0.39, 0.29) is 11.2 Å². The molecule has 7 heteroatoms. The zero-order valence-corrected chi connectivity index (χ0v) is 15.2. The summed E-state index contributed by atoms with van der Waals surface area (Å²) in [5.74, 6) is 0.885. The summed E-state index contributed by atoms with van der Waals surface area (Å²) >= 11 is 1.42. The van der Waals surface area contributed by atoms with Crippen LogP contribution in [0.3, 0.4) is 0 Å². The second-order valence-corrected chi connectivity index (χ2v) is 7.79. The van der Waals surface area contributed by atoms with Gasteiger partial charge in [-0.2, -0.15) is 4.68 Å². The van der Waals surface area contributed by atoms with E-state index in [9.17, 15) is 4.79 Å². The minimum absolute atomic E-state index is 0.172. The third-order valence-electron chi connectivity index (χ3n) is 4.41. The molecule has 1 saturated heterocycles. The highest BCUT2D eigenvalue weighted by Gasteiger charge is 2.26. The summed E-state index contributed by atoms with van der Waals surface area (Å²) in [6, 6.07) is 8.00. The molecule has 3 rings (SSSR count). The van der Waals surface area contributed by atoms with Crippen molar-refractivity contribution in [2.45, 2.75) is 44.0 Å². The number of piperidine rings is 1. The molecule has 2 aromatic rings. The van der Waals surface area contributed by atoms with Gasteiger partial charge in [-0.05, 0) is 60.7 Å². The molecule has 6 nitrogen and oxygen atoms in total. The fraction of sp³-hybridized carbons (Fsp3) is 0.529. The number of thioether (sulfide) groups is 1. The van der Waals surface area contributed by atoms with Crippen molar-refractivity contribution in [3.63, 3.8) is 0 Å². The van der Waals surface area contributed by atoms with Gasteiger partial charge in [-0.15, -0.1) is 5.10 Å². The van der Waals surface area contributed by atoms with Crippen molar-refractivity contribution in [1.82, 2.24) is 25.1 Å². The van der Waals surface area contributed by atoms with Crippen LogP contribution in [0.1, 0.15) is 32.3 Å². The van der Waals surface area contributed by atoms with Gasteiger partial charge in [-0.1, -0.05) is 30.8 Å². The SMILES string of the molecule is Cc1cccc(-n2nnnc2SC(C)C(=O)N2CCC(C)CC2)c1. The number of likely N-dealkylation sites (tertiary alicyclic amines) is 1. The molecule has 1 unspecified atom stereocenters. The monoisotopic (exact) mass is 345 g/mol. The van der Waals surface area contributed by atoms with E-state index in [0.717, 1.165) is 37.2 Å². The fourth-order valence-corrected chi connectivity index (χ4v) is 3.76. The van der Waals surface area contributed by atoms with Crippen LogP contribution in [0.15, 0.2) is 29.4 Å². The maximum absolute atomic E-state index is 12.7. The van der Waals surface area contributed by atoms with Gasteiger partial charge >= 0.3 is 0 Å². The lowest BCUT2D eigenvalue weighted by Crippen LogP contribution is -2.41. The van der Waals surface area contributed by atoms with Crippen LogP contribution >= 0.6 is 11.8 Å². The third-order valence-corrected chi connectivity index (χ3v) is 5.43. The van der Waals surface area contributed by atoms with Crippen molar-refractivity contribution in [2.24, 2.45) is 5.92 Å². The molecule has 1 aliphatic rings. The third kappa shape index (κ3) is 3.77. The van der Waals surface area contributed by atoms with E-state index in [1.54, 1.807) is 4.68 Å². The predicted octanol–water partition coefficient (Wildman–Crippen LogP) is 2.71. The Labute approximate surface area is 146 Å². The number of hydrogen-bond acceptors (Lipinski definition) is 5. The normalized spacial score (nSPS) is 17.0. The van der Waals surface area contributed by atoms with Crippen molar-refractivity contribution in [1.29, 1.82) is 0 Å². The highest BCUT2D eigenvalue weighted by molar-refractivity contribution is 8.00. The molecular weight excluding hydrogens is 322 g/mol. The number of benzene rings is 1. The summed E-state index contributed by atoms with van der Waals surface area (Å²) < 4.78 is 1.69. The Hall–Kier alpha value is -1.89. The second-order valence-electron chi connectivity index (χ2n) is 6.48. The van der Waals surface area contributed by atoms with Crippen LogP contribution in [-0.2, 0) is 4.79 Å². The molecule has 128 valence electrons. The first-order valence-electron chi connectivity index (χ1n) is 8.35. The summed E-state index contributed by atoms with van der Waals surface area (Å²) in [7, 11) is 0. The largest absolute Gasteiger partial charge is 0.342 e. The van der Waals surface area contributed by atoms with Gasteiger partial charge in [-0.3, -0.25) is 4.79 Å². The van der Waals surface area contributed by atoms with Crippen molar-refractivity contribution < 1.29 is 4.79 Å². The van der Waals surface area contributed by atoms with Crippen molar-refractivity contribution in [2.75, 3.05) is 13.1 Å². The molecule has 1 aliphatic heterocycles. The molecule has 1 fully saturated rings. The van der Waals surface area contributed by atoms with E-state index < -0.39 is 0 Å². The number of nitrogens with zero attached hydrogens (tertiary/aromatic N) is 5. The number of carbonyl (C=O) groups is 1. The molecular formula is C17H23N5OS. The maximum atomic E-state index is 12.7. The minimum Gasteiger partial charge on any atom is -0.342 e. The van der Waals surface area contributed by atoms with Gasteiger partial charge in [0.1, 0.15) is 0 Å². The lowest BCUT2D eigenvalue weighted by atomic mass is 9.99. The van der Waals surface area contributed by atoms with Gasteiger partial charge in [0.15, 0.2) is 0 Å². The average Bonchev–Trinajstić information content (AvgIpc) is 3.03. The lowest BCUT2D eigenvalue weighted by Gasteiger charge is -2.31. The van der Waals surface area contributed by atoms with Crippen LogP contribution in [0.25, 0.3) is 5.69 Å². The number of tetrazole rings is 1. The van der Waals surface area contributed by atoms with E-state index in [2.05, 4.69) is 22.4 Å². The van der Waals surface area contributed by atoms with E-state index in [1.165, 1.54) is 11.8 Å². The number of hydrogen-bond donors (Lipinski definition) is 0. The van der Waals surface area contributed by atoms with Gasteiger partial charge in [0.25, 0.3) is 0 Å². The Morgan fingerprint density at radius 1 is 1.33 bits per heavy atom. The summed E-state index contributed by atoms with van der Waals surface area (Å²) in [6.07, 6.45) is 2.17. The van der Waals surface area contributed by atoms with Gasteiger partial charge < -0.3 is 4.90 Å². The van der Waals surface area contributed by atoms with Gasteiger partial charge in [-0.25, -0.2) is 0 Å². The van der Waals surface area contributed by atoms with Gasteiger partial charge in [0.05, 0.1) is 10.9 Å². The van der Waals surface area contributed by atoms with Gasteiger partial charge in [0, 0.05) is 13.1 Å². The fourth-order valence-electron chi connectivity index (χ4n) is 2.87. The standard InChI is InChI=1S/C17H23N5OS/c1-12-7-9-21(10-8-12)16(23)14(3)24-17-18-19-20-22(17)15-6-4-5-13(2)11-15/h4-6,11-12,14H,7-10H2,1-3H3. The smallest absolute Gasteiger partial charge is 0.235 e. The topological polar surface area (TPSA) is 63.9 Å². The molecule has 1 atom stereocenters. The summed E-state index contributed by atoms with van der Waals surface area (Å²) in [5.41, 5.74) is 2.06. The molecule has 24 heavy (non-hydrogen) atoms. The number of amides is 1. The molecule has 0 bridgehead atoms. The maximum Gasteiger partial charge on any atom is 0.235 e. The highest BCUT2D eigenvalue weighted by Crippen LogP contribution is 2.26. The van der Waals surface area contributed by atoms with Crippen molar-refractivity contribution >= 4 is 17.7 Å². The Bertz CT molecular complexity index is 709. The number of rotatable bonds is 4. The molecule has 0 radical (unpaired) electrons. The van der Waals surface area contributed by atoms with Crippen molar-refractivity contribution in [3.05, 3.63) is 29.8 Å². The number of aromatic nitrogens is 4. The Balaban J connectivity index is 1.70. The molecule has 0 aliphatic carbocycles. The Morgan fingerprint density at radius 3 is 2.79 bits per heavy atom. The van der Waals surface area contributed by atoms with Crippen molar-refractivity contribution in [3.8, 4) is 5.69 Å². The van der Waals surface area contributed by atoms with Crippen LogP contribution in [0.5, 0.6) is 0 Å². The molecule has 0 saturated carbocycles. The first-order chi connectivity index (χ1) is 11.5. The first-order valence-corrected chi connectivity index (χ1v) is 9.23. The predicted molar refractivity (Wildman–Crippen MR) is 94.2 cm³/mol. The van der Waals surface area contributed by atoms with Crippen LogP contribution in [0.4, 0.5) is 0 Å². The zero-order chi connectivity index (χ0) is 17.1. The average molecular weight is 345 g/mol. The number of carbonyl (C=O) groups excluding carboxylic acids is 1. The zero-order valence-electron chi connectivity index (χ0n) is 14.3. The second kappa shape index (κ2) is 7.34. The highest BCUT2D eigenvalue weighted by atomic mass is 32.2. The number of aryl methyl sites for hydroxylation is 1. The molecule has 0 N–H and O–H groups in total. The Morgan fingerprint density at radius 2 is 2.08 bits per heavy atom. The van der Waals surface area contributed by atoms with Crippen LogP contribution in [-0.4, -0.2) is 49.4 Å². The quantitative estimate of drug-likeness (QED) is 0.797. The lowest BCUT2D eigenvalue weighted by molar-refractivity contribution is -0.131. The van der Waals surface area contributed by atoms with E-state index in [0.29, 0.717) is 11.1 Å². The van der Waals surface area contributed by atoms with E-state index in [4.69, 9.17) is 0 Å². The Kier molecular flexibility index (Phi) is 5.18. The molecule has 0 spiro atoms. The van der Waals surface area contributed by atoms with Crippen LogP contribution in [0.2, 0.25) is 0 Å². The first kappa shape index (κ1) is 17.0. The summed E-state index contributed by atoms with van der Waals surface area (Å²) in [5, 5.41) is 12.4. The van der Waals surface area contributed by atoms with Gasteiger partial charge in [0.2, 0.25) is 11.1 Å². The molecule has 2 heterocycles. The summed E-state index contributed by atoms with van der Waals surface area (Å²) in [4.78, 5) is 14.6. The molecule has 1 aromatic heterocycles. The minimum atomic E-state index is -0.201. The van der Waals surface area contributed by atoms with Crippen LogP contribution < -0.4 is 0 Å². The van der Waals surface area contributed by atoms with E-state index in [1.807, 2.05) is 43.0 Å². The van der Waals surface area contributed by atoms with E-state index >= 15 is 0 Å². The van der Waals surface area contributed by atoms with Crippen LogP contribution in [0, 0.1) is 12.8 Å².